The number of aromatic nitrogens is 1. The van der Waals surface area contributed by atoms with Gasteiger partial charge in [0.1, 0.15) is 11.8 Å². The smallest absolute Gasteiger partial charge is 0.411 e. The first-order valence-corrected chi connectivity index (χ1v) is 13.6. The lowest BCUT2D eigenvalue weighted by Crippen LogP contribution is -2.31. The van der Waals surface area contributed by atoms with Crippen LogP contribution in [0.15, 0.2) is 71.8 Å². The lowest BCUT2D eigenvalue weighted by molar-refractivity contribution is 0.0980. The monoisotopic (exact) mass is 589 g/mol. The van der Waals surface area contributed by atoms with Crippen molar-refractivity contribution in [2.45, 2.75) is 49.8 Å². The molecule has 1 aromatic heterocycles. The topological polar surface area (TPSA) is 116 Å². The van der Waals surface area contributed by atoms with E-state index in [0.29, 0.717) is 0 Å². The van der Waals surface area contributed by atoms with Gasteiger partial charge in [0, 0.05) is 55.5 Å². The van der Waals surface area contributed by atoms with Crippen LogP contribution in [0.5, 0.6) is 5.75 Å². The van der Waals surface area contributed by atoms with Crippen molar-refractivity contribution in [1.82, 2.24) is 9.29 Å². The summed E-state index contributed by atoms with van der Waals surface area (Å²) in [6.07, 6.45) is -8.70. The number of anilines is 1. The third-order valence-electron chi connectivity index (χ3n) is 6.29. The van der Waals surface area contributed by atoms with Crippen LogP contribution in [0.1, 0.15) is 71.8 Å². The Balaban J connectivity index is 1.47. The SMILES string of the molecule is [2H]C([2H])([2H])Oc1cc(C(=O)NS(=O)(=O)c2ccccc2C([2H])([2H])[2H])ccc1Cc1cn(C([2H])([2H])[2H])c2ccc(NC(=O)OC3([2H])CC([2H])([2H])C([2H])([2H])C3)cc12. The van der Waals surface area contributed by atoms with E-state index in [1.165, 1.54) is 42.6 Å². The Bertz CT molecular complexity index is 2250. The number of nitrogens with one attached hydrogen (secondary N) is 2. The molecule has 9 nitrogen and oxygen atoms in total. The van der Waals surface area contributed by atoms with Crippen LogP contribution in [0.3, 0.4) is 0 Å². The minimum Gasteiger partial charge on any atom is -0.496 e. The summed E-state index contributed by atoms with van der Waals surface area (Å²) in [5.41, 5.74) is -0.364. The predicted octanol–water partition coefficient (Wildman–Crippen LogP) is 5.70. The Morgan fingerprint density at radius 3 is 2.71 bits per heavy atom. The van der Waals surface area contributed by atoms with Crippen molar-refractivity contribution in [1.29, 1.82) is 0 Å². The summed E-state index contributed by atoms with van der Waals surface area (Å²) in [4.78, 5) is 25.3. The molecular formula is C31H33N3O6S. The van der Waals surface area contributed by atoms with Crippen molar-refractivity contribution in [3.05, 3.63) is 89.1 Å². The molecule has 1 saturated carbocycles. The van der Waals surface area contributed by atoms with Crippen molar-refractivity contribution in [2.24, 2.45) is 6.98 Å². The van der Waals surface area contributed by atoms with Crippen molar-refractivity contribution >= 4 is 38.6 Å². The molecule has 4 aromatic rings. The fraction of sp³-hybridized carbons (Fsp3) is 0.290. The van der Waals surface area contributed by atoms with Gasteiger partial charge in [-0.2, -0.15) is 0 Å². The number of methoxy groups -OCH3 is 1. The van der Waals surface area contributed by atoms with Gasteiger partial charge in [0.05, 0.1) is 17.4 Å². The maximum absolute atomic E-state index is 13.2. The molecule has 214 valence electrons. The summed E-state index contributed by atoms with van der Waals surface area (Å²) >= 11 is 0. The Hall–Kier alpha value is -4.31. The minimum absolute atomic E-state index is 0.0434. The number of carbonyl (C=O) groups is 2. The lowest BCUT2D eigenvalue weighted by Gasteiger charge is -2.13. The second-order valence-electron chi connectivity index (χ2n) is 9.05. The van der Waals surface area contributed by atoms with Crippen molar-refractivity contribution in [2.75, 3.05) is 12.4 Å². The van der Waals surface area contributed by atoms with E-state index in [1.54, 1.807) is 4.72 Å². The van der Waals surface area contributed by atoms with E-state index < -0.39 is 90.8 Å². The average molecular weight is 590 g/mol. The van der Waals surface area contributed by atoms with E-state index >= 15 is 0 Å². The van der Waals surface area contributed by atoms with Gasteiger partial charge in [-0.1, -0.05) is 24.3 Å². The summed E-state index contributed by atoms with van der Waals surface area (Å²) < 4.78 is 149. The maximum Gasteiger partial charge on any atom is 0.411 e. The van der Waals surface area contributed by atoms with Gasteiger partial charge >= 0.3 is 6.09 Å². The zero-order valence-corrected chi connectivity index (χ0v) is 22.1. The van der Waals surface area contributed by atoms with Gasteiger partial charge in [0.25, 0.3) is 15.9 Å². The maximum atomic E-state index is 13.2. The number of amides is 2. The predicted molar refractivity (Wildman–Crippen MR) is 157 cm³/mol. The van der Waals surface area contributed by atoms with Crippen LogP contribution in [0.2, 0.25) is 0 Å². The lowest BCUT2D eigenvalue weighted by atomic mass is 10.0. The molecule has 0 bridgehead atoms. The Labute approximate surface area is 259 Å². The first-order chi connectivity index (χ1) is 25.0. The molecule has 2 amide bonds. The number of hydrogen-bond donors (Lipinski definition) is 2. The van der Waals surface area contributed by atoms with E-state index in [9.17, 15) is 18.0 Å². The molecule has 0 unspecified atom stereocenters. The van der Waals surface area contributed by atoms with E-state index in [4.69, 9.17) is 28.7 Å². The van der Waals surface area contributed by atoms with Crippen molar-refractivity contribution in [3.63, 3.8) is 0 Å². The standard InChI is InChI=1S/C31H33N3O6S/c1-20-8-4-7-11-29(20)41(37,38)33-30(35)22-13-12-21(28(17-22)39-3)16-23-19-34(2)27-15-14-24(18-26(23)27)32-31(36)40-25-9-5-6-10-25/h4,7-8,11-15,17-19,25H,5-6,9-10,16H2,1-3H3,(H,32,36)(H,33,35)/i1D3,2D3,3D3,5D2,6D2,25D. The first-order valence-electron chi connectivity index (χ1n) is 19.1. The Morgan fingerprint density at radius 2 is 1.93 bits per heavy atom. The molecule has 0 atom stereocenters. The number of aryl methyl sites for hydroxylation is 2. The van der Waals surface area contributed by atoms with Crippen LogP contribution in [0, 0.1) is 6.85 Å². The molecule has 0 radical (unpaired) electrons. The van der Waals surface area contributed by atoms with Crippen LogP contribution >= 0.6 is 0 Å². The van der Waals surface area contributed by atoms with Crippen LogP contribution in [-0.4, -0.2) is 38.1 Å². The van der Waals surface area contributed by atoms with Gasteiger partial charge < -0.3 is 14.0 Å². The summed E-state index contributed by atoms with van der Waals surface area (Å²) in [5.74, 6) is -1.65. The highest BCUT2D eigenvalue weighted by Gasteiger charge is 2.22. The van der Waals surface area contributed by atoms with Crippen LogP contribution in [-0.2, 0) is 28.2 Å². The molecule has 2 N–H and O–H groups in total. The fourth-order valence-electron chi connectivity index (χ4n) is 4.33. The number of carbonyl (C=O) groups excluding carboxylic acids is 2. The molecule has 41 heavy (non-hydrogen) atoms. The summed E-state index contributed by atoms with van der Waals surface area (Å²) in [6, 6.07) is 12.1. The van der Waals surface area contributed by atoms with Crippen molar-refractivity contribution < 1.29 is 46.7 Å². The van der Waals surface area contributed by atoms with E-state index in [0.717, 1.165) is 28.8 Å². The second-order valence-corrected chi connectivity index (χ2v) is 10.7. The quantitative estimate of drug-likeness (QED) is 0.273. The third kappa shape index (κ3) is 6.22. The Kier molecular flexibility index (Phi) is 4.44. The van der Waals surface area contributed by atoms with Crippen LogP contribution in [0.4, 0.5) is 10.5 Å². The molecule has 0 saturated heterocycles. The van der Waals surface area contributed by atoms with Gasteiger partial charge in [-0.25, -0.2) is 17.9 Å². The molecular weight excluding hydrogens is 542 g/mol. The zero-order chi connectivity index (χ0) is 41.2. The summed E-state index contributed by atoms with van der Waals surface area (Å²) in [6.45, 7) is -5.55. The van der Waals surface area contributed by atoms with E-state index in [2.05, 4.69) is 5.32 Å². The molecule has 1 aliphatic carbocycles. The number of fused-ring (bicyclic) bond motifs is 1. The molecule has 0 aliphatic heterocycles. The van der Waals surface area contributed by atoms with Gasteiger partial charge in [-0.15, -0.1) is 0 Å². The molecule has 10 heteroatoms. The van der Waals surface area contributed by atoms with Crippen molar-refractivity contribution in [3.8, 4) is 5.75 Å². The molecule has 5 rings (SSSR count). The van der Waals surface area contributed by atoms with Gasteiger partial charge in [0.15, 0.2) is 0 Å². The first kappa shape index (κ1) is 15.6. The largest absolute Gasteiger partial charge is 0.496 e. The number of nitrogens with zero attached hydrogens (tertiary/aromatic N) is 1. The molecule has 1 heterocycles. The third-order valence-corrected chi connectivity index (χ3v) is 7.68. The number of hydrogen-bond acceptors (Lipinski definition) is 6. The van der Waals surface area contributed by atoms with Gasteiger partial charge in [-0.3, -0.25) is 10.1 Å². The van der Waals surface area contributed by atoms with E-state index in [1.807, 2.05) is 0 Å². The number of sulfonamides is 1. The number of ether oxygens (including phenoxy) is 2. The second kappa shape index (κ2) is 11.7. The highest BCUT2D eigenvalue weighted by atomic mass is 32.2. The number of benzene rings is 3. The van der Waals surface area contributed by atoms with Crippen LogP contribution in [0.25, 0.3) is 10.9 Å². The normalized spacial score (nSPS) is 22.9. The molecule has 3 aromatic carbocycles. The number of rotatable bonds is 8. The zero-order valence-electron chi connectivity index (χ0n) is 35.3. The fourth-order valence-corrected chi connectivity index (χ4v) is 5.41. The highest BCUT2D eigenvalue weighted by molar-refractivity contribution is 7.90. The average Bonchev–Trinajstić information content (AvgIpc) is 3.45. The molecule has 1 fully saturated rings. The Morgan fingerprint density at radius 1 is 1.10 bits per heavy atom. The van der Waals surface area contributed by atoms with Gasteiger partial charge in [0.2, 0.25) is 0 Å². The van der Waals surface area contributed by atoms with E-state index in [-0.39, 0.29) is 39.7 Å². The summed E-state index contributed by atoms with van der Waals surface area (Å²) in [5, 5.41) is 2.62. The molecule has 1 aliphatic rings. The minimum atomic E-state index is -4.75. The summed E-state index contributed by atoms with van der Waals surface area (Å²) in [7, 11) is -7.82. The van der Waals surface area contributed by atoms with Crippen LogP contribution < -0.4 is 14.8 Å². The molecule has 0 spiro atoms. The van der Waals surface area contributed by atoms with Gasteiger partial charge in [-0.05, 0) is 85.5 Å². The highest BCUT2D eigenvalue weighted by Crippen LogP contribution is 2.30.